The van der Waals surface area contributed by atoms with Gasteiger partial charge in [0.2, 0.25) is 0 Å². The number of carboxylic acids is 1. The van der Waals surface area contributed by atoms with E-state index in [1.165, 1.54) is 0 Å². The van der Waals surface area contributed by atoms with Crippen molar-refractivity contribution >= 4 is 17.7 Å². The molecule has 1 saturated heterocycles. The van der Waals surface area contributed by atoms with E-state index in [2.05, 4.69) is 0 Å². The second-order valence-electron chi connectivity index (χ2n) is 5.41. The summed E-state index contributed by atoms with van der Waals surface area (Å²) in [5.41, 5.74) is 6.82. The number of carbonyl (C=O) groups excluding carboxylic acids is 1. The fourth-order valence-corrected chi connectivity index (χ4v) is 2.65. The minimum absolute atomic E-state index is 0.00225. The van der Waals surface area contributed by atoms with Crippen LogP contribution in [-0.2, 0) is 4.79 Å². The van der Waals surface area contributed by atoms with E-state index in [0.29, 0.717) is 24.3 Å². The molecule has 2 amide bonds. The zero-order valence-corrected chi connectivity index (χ0v) is 12.3. The molecule has 3 N–H and O–H groups in total. The number of amides is 2. The molecule has 0 radical (unpaired) electrons. The maximum Gasteiger partial charge on any atom is 0.324 e. The first-order valence-corrected chi connectivity index (χ1v) is 7.07. The summed E-state index contributed by atoms with van der Waals surface area (Å²) in [6, 6.07) is 7.12. The van der Waals surface area contributed by atoms with Gasteiger partial charge < -0.3 is 15.7 Å². The van der Waals surface area contributed by atoms with Gasteiger partial charge in [0.1, 0.15) is 0 Å². The number of hydrogen-bond donors (Lipinski definition) is 2. The number of urea groups is 1. The number of nitrogens with two attached hydrogens (primary N) is 1. The average molecular weight is 291 g/mol. The van der Waals surface area contributed by atoms with E-state index in [1.54, 1.807) is 34.1 Å². The van der Waals surface area contributed by atoms with E-state index >= 15 is 0 Å². The molecule has 1 unspecified atom stereocenters. The Hall–Kier alpha value is -2.08. The summed E-state index contributed by atoms with van der Waals surface area (Å²) in [7, 11) is 0. The van der Waals surface area contributed by atoms with Gasteiger partial charge in [-0.1, -0.05) is 18.2 Å². The van der Waals surface area contributed by atoms with Gasteiger partial charge in [-0.3, -0.25) is 9.69 Å². The molecule has 6 nitrogen and oxygen atoms in total. The Kier molecular flexibility index (Phi) is 4.47. The van der Waals surface area contributed by atoms with Gasteiger partial charge in [0.15, 0.2) is 0 Å². The van der Waals surface area contributed by atoms with Crippen molar-refractivity contribution in [1.29, 1.82) is 0 Å². The highest BCUT2D eigenvalue weighted by Crippen LogP contribution is 2.30. The highest BCUT2D eigenvalue weighted by atomic mass is 16.4. The van der Waals surface area contributed by atoms with Crippen LogP contribution in [0.2, 0.25) is 0 Å². The van der Waals surface area contributed by atoms with Gasteiger partial charge in [0, 0.05) is 31.4 Å². The number of carboxylic acid groups (broad SMARTS) is 1. The maximum absolute atomic E-state index is 12.5. The van der Waals surface area contributed by atoms with Gasteiger partial charge in [0.25, 0.3) is 0 Å². The smallest absolute Gasteiger partial charge is 0.324 e. The molecule has 6 heteroatoms. The molecule has 0 aliphatic carbocycles. The summed E-state index contributed by atoms with van der Waals surface area (Å²) in [6.07, 6.45) is 0. The second-order valence-corrected chi connectivity index (χ2v) is 5.41. The van der Waals surface area contributed by atoms with Crippen molar-refractivity contribution in [2.75, 3.05) is 24.5 Å². The van der Waals surface area contributed by atoms with E-state index in [4.69, 9.17) is 5.73 Å². The Morgan fingerprint density at radius 1 is 1.33 bits per heavy atom. The van der Waals surface area contributed by atoms with Crippen LogP contribution in [0.5, 0.6) is 0 Å². The largest absolute Gasteiger partial charge is 0.481 e. The topological polar surface area (TPSA) is 86.9 Å². The average Bonchev–Trinajstić information content (AvgIpc) is 2.81. The third-order valence-corrected chi connectivity index (χ3v) is 3.80. The normalized spacial score (nSPS) is 16.7. The molecule has 0 spiro atoms. The number of benzene rings is 1. The molecule has 1 aliphatic heterocycles. The van der Waals surface area contributed by atoms with Gasteiger partial charge in [0.05, 0.1) is 5.92 Å². The predicted octanol–water partition coefficient (Wildman–Crippen LogP) is 1.46. The van der Waals surface area contributed by atoms with Crippen LogP contribution >= 0.6 is 0 Å². The molecule has 21 heavy (non-hydrogen) atoms. The van der Waals surface area contributed by atoms with Gasteiger partial charge in [-0.2, -0.15) is 0 Å². The van der Waals surface area contributed by atoms with Crippen molar-refractivity contribution in [3.8, 4) is 0 Å². The Labute approximate surface area is 124 Å². The van der Waals surface area contributed by atoms with E-state index in [1.807, 2.05) is 13.8 Å². The second kappa shape index (κ2) is 6.13. The summed E-state index contributed by atoms with van der Waals surface area (Å²) in [6.45, 7) is 5.14. The van der Waals surface area contributed by atoms with Gasteiger partial charge in [-0.25, -0.2) is 4.79 Å². The molecule has 2 rings (SSSR count). The van der Waals surface area contributed by atoms with Crippen LogP contribution in [0.15, 0.2) is 24.3 Å². The zero-order valence-electron chi connectivity index (χ0n) is 12.3. The fraction of sp³-hybridized carbons (Fsp3) is 0.467. The van der Waals surface area contributed by atoms with Crippen molar-refractivity contribution in [1.82, 2.24) is 4.90 Å². The zero-order chi connectivity index (χ0) is 15.6. The maximum atomic E-state index is 12.5. The summed E-state index contributed by atoms with van der Waals surface area (Å²) in [5.74, 6) is -1.78. The fourth-order valence-electron chi connectivity index (χ4n) is 2.65. The number of hydrogen-bond acceptors (Lipinski definition) is 3. The van der Waals surface area contributed by atoms with Crippen molar-refractivity contribution in [2.45, 2.75) is 25.8 Å². The van der Waals surface area contributed by atoms with Gasteiger partial charge in [-0.05, 0) is 25.5 Å². The number of anilines is 1. The standard InChI is InChI=1S/C15H21N3O3/c1-10(2)17-7-8-18(15(17)21)13-6-4-3-5-11(13)12(9-16)14(19)20/h3-6,10,12H,7-9,16H2,1-2H3,(H,19,20). The van der Waals surface area contributed by atoms with E-state index in [-0.39, 0.29) is 18.6 Å². The van der Waals surface area contributed by atoms with Crippen LogP contribution in [0.1, 0.15) is 25.3 Å². The SMILES string of the molecule is CC(C)N1CCN(c2ccccc2C(CN)C(=O)O)C1=O. The van der Waals surface area contributed by atoms with Crippen LogP contribution in [0.3, 0.4) is 0 Å². The highest BCUT2D eigenvalue weighted by Gasteiger charge is 2.33. The molecule has 1 atom stereocenters. The van der Waals surface area contributed by atoms with Crippen molar-refractivity contribution in [2.24, 2.45) is 5.73 Å². The summed E-state index contributed by atoms with van der Waals surface area (Å²) < 4.78 is 0. The van der Waals surface area contributed by atoms with Gasteiger partial charge in [-0.15, -0.1) is 0 Å². The van der Waals surface area contributed by atoms with E-state index in [9.17, 15) is 14.7 Å². The van der Waals surface area contributed by atoms with Crippen molar-refractivity contribution < 1.29 is 14.7 Å². The van der Waals surface area contributed by atoms with Gasteiger partial charge >= 0.3 is 12.0 Å². The molecular weight excluding hydrogens is 270 g/mol. The highest BCUT2D eigenvalue weighted by molar-refractivity contribution is 5.96. The number of para-hydroxylation sites is 1. The lowest BCUT2D eigenvalue weighted by atomic mass is 9.97. The lowest BCUT2D eigenvalue weighted by molar-refractivity contribution is -0.138. The minimum atomic E-state index is -0.975. The Morgan fingerprint density at radius 3 is 2.52 bits per heavy atom. The predicted molar refractivity (Wildman–Crippen MR) is 80.5 cm³/mol. The first-order chi connectivity index (χ1) is 9.97. The molecule has 1 aromatic carbocycles. The molecule has 1 aliphatic rings. The van der Waals surface area contributed by atoms with Crippen LogP contribution < -0.4 is 10.6 Å². The lowest BCUT2D eigenvalue weighted by Crippen LogP contribution is -2.37. The third-order valence-electron chi connectivity index (χ3n) is 3.80. The van der Waals surface area contributed by atoms with Crippen LogP contribution in [0, 0.1) is 0 Å². The van der Waals surface area contributed by atoms with Crippen LogP contribution in [0.25, 0.3) is 0 Å². The Balaban J connectivity index is 2.37. The molecule has 0 bridgehead atoms. The number of nitrogens with zero attached hydrogens (tertiary/aromatic N) is 2. The van der Waals surface area contributed by atoms with Crippen molar-refractivity contribution in [3.63, 3.8) is 0 Å². The monoisotopic (exact) mass is 291 g/mol. The Morgan fingerprint density at radius 2 is 2.00 bits per heavy atom. The number of carbonyl (C=O) groups is 2. The number of aliphatic carboxylic acids is 1. The van der Waals surface area contributed by atoms with Crippen LogP contribution in [0.4, 0.5) is 10.5 Å². The summed E-state index contributed by atoms with van der Waals surface area (Å²) >= 11 is 0. The van der Waals surface area contributed by atoms with E-state index in [0.717, 1.165) is 0 Å². The molecule has 1 aromatic rings. The first kappa shape index (κ1) is 15.3. The van der Waals surface area contributed by atoms with Crippen molar-refractivity contribution in [3.05, 3.63) is 29.8 Å². The molecule has 1 heterocycles. The Bertz CT molecular complexity index is 545. The third kappa shape index (κ3) is 2.85. The molecule has 1 fully saturated rings. The first-order valence-electron chi connectivity index (χ1n) is 7.07. The summed E-state index contributed by atoms with van der Waals surface area (Å²) in [5, 5.41) is 9.31. The molecule has 114 valence electrons. The van der Waals surface area contributed by atoms with E-state index < -0.39 is 11.9 Å². The molecular formula is C15H21N3O3. The number of rotatable bonds is 5. The minimum Gasteiger partial charge on any atom is -0.481 e. The quantitative estimate of drug-likeness (QED) is 0.860. The molecule has 0 aromatic heterocycles. The lowest BCUT2D eigenvalue weighted by Gasteiger charge is -2.24. The van der Waals surface area contributed by atoms with Crippen LogP contribution in [-0.4, -0.2) is 47.7 Å². The molecule has 0 saturated carbocycles. The summed E-state index contributed by atoms with van der Waals surface area (Å²) in [4.78, 5) is 27.2.